The lowest BCUT2D eigenvalue weighted by atomic mass is 9.97. The van der Waals surface area contributed by atoms with Gasteiger partial charge in [0, 0.05) is 22.6 Å². The molecule has 0 bridgehead atoms. The first-order valence-electron chi connectivity index (χ1n) is 7.89. The molecule has 0 saturated carbocycles. The minimum atomic E-state index is -0.340. The van der Waals surface area contributed by atoms with Gasteiger partial charge in [-0.2, -0.15) is 0 Å². The van der Waals surface area contributed by atoms with Gasteiger partial charge < -0.3 is 8.83 Å². The first-order valence-corrected chi connectivity index (χ1v) is 8.88. The third-order valence-electron chi connectivity index (χ3n) is 3.70. The SMILES string of the molecule is CCc1ccc2c(CSc3nnc(C(C)(C)C)o3)cc(=O)oc2c1. The number of thioether (sulfide) groups is 1. The van der Waals surface area contributed by atoms with Gasteiger partial charge in [0.05, 0.1) is 0 Å². The number of fused-ring (bicyclic) bond motifs is 1. The van der Waals surface area contributed by atoms with Gasteiger partial charge in [0.1, 0.15) is 5.58 Å². The van der Waals surface area contributed by atoms with Crippen LogP contribution in [0.2, 0.25) is 0 Å². The van der Waals surface area contributed by atoms with Crippen LogP contribution in [0.5, 0.6) is 0 Å². The highest BCUT2D eigenvalue weighted by Gasteiger charge is 2.21. The van der Waals surface area contributed by atoms with Crippen LogP contribution in [0.25, 0.3) is 11.0 Å². The van der Waals surface area contributed by atoms with Crippen molar-refractivity contribution in [3.05, 3.63) is 51.7 Å². The molecule has 0 aliphatic heterocycles. The Bertz CT molecular complexity index is 922. The number of nitrogens with zero attached hydrogens (tertiary/aromatic N) is 2. The minimum absolute atomic E-state index is 0.178. The molecule has 0 fully saturated rings. The maximum Gasteiger partial charge on any atom is 0.336 e. The second kappa shape index (κ2) is 6.43. The molecule has 0 saturated heterocycles. The summed E-state index contributed by atoms with van der Waals surface area (Å²) < 4.78 is 11.0. The molecule has 0 unspecified atom stereocenters. The Hall–Kier alpha value is -2.08. The Morgan fingerprint density at radius 2 is 1.92 bits per heavy atom. The average molecular weight is 344 g/mol. The topological polar surface area (TPSA) is 69.1 Å². The minimum Gasteiger partial charge on any atom is -0.423 e. The summed E-state index contributed by atoms with van der Waals surface area (Å²) in [5, 5.41) is 9.60. The van der Waals surface area contributed by atoms with Crippen LogP contribution in [-0.4, -0.2) is 10.2 Å². The number of benzene rings is 1. The van der Waals surface area contributed by atoms with Crippen molar-refractivity contribution in [1.82, 2.24) is 10.2 Å². The van der Waals surface area contributed by atoms with Gasteiger partial charge >= 0.3 is 5.63 Å². The second-order valence-corrected chi connectivity index (χ2v) is 7.61. The van der Waals surface area contributed by atoms with Crippen molar-refractivity contribution in [2.75, 3.05) is 0 Å². The molecule has 5 nitrogen and oxygen atoms in total. The monoisotopic (exact) mass is 344 g/mol. The van der Waals surface area contributed by atoms with E-state index >= 15 is 0 Å². The van der Waals surface area contributed by atoms with Crippen LogP contribution in [0, 0.1) is 0 Å². The van der Waals surface area contributed by atoms with E-state index in [1.165, 1.54) is 17.8 Å². The van der Waals surface area contributed by atoms with Gasteiger partial charge in [0.15, 0.2) is 0 Å². The van der Waals surface area contributed by atoms with Crippen molar-refractivity contribution in [3.63, 3.8) is 0 Å². The highest BCUT2D eigenvalue weighted by Crippen LogP contribution is 2.29. The maximum absolute atomic E-state index is 11.8. The summed E-state index contributed by atoms with van der Waals surface area (Å²) >= 11 is 1.42. The van der Waals surface area contributed by atoms with Gasteiger partial charge in [-0.3, -0.25) is 0 Å². The highest BCUT2D eigenvalue weighted by molar-refractivity contribution is 7.98. The zero-order valence-corrected chi connectivity index (χ0v) is 15.1. The molecule has 0 radical (unpaired) electrons. The van der Waals surface area contributed by atoms with Gasteiger partial charge in [-0.15, -0.1) is 10.2 Å². The van der Waals surface area contributed by atoms with Gasteiger partial charge in [-0.05, 0) is 23.6 Å². The van der Waals surface area contributed by atoms with Crippen LogP contribution in [-0.2, 0) is 17.6 Å². The Balaban J connectivity index is 1.87. The zero-order valence-electron chi connectivity index (χ0n) is 14.3. The van der Waals surface area contributed by atoms with Gasteiger partial charge in [0.2, 0.25) is 5.89 Å². The number of aryl methyl sites for hydroxylation is 1. The Labute approximate surface area is 144 Å². The van der Waals surface area contributed by atoms with E-state index in [9.17, 15) is 4.79 Å². The molecular formula is C18H20N2O3S. The molecule has 2 heterocycles. The normalized spacial score (nSPS) is 12.0. The van der Waals surface area contributed by atoms with E-state index in [0.29, 0.717) is 22.4 Å². The predicted molar refractivity (Wildman–Crippen MR) is 94.4 cm³/mol. The molecule has 0 atom stereocenters. The third-order valence-corrected chi connectivity index (χ3v) is 4.57. The molecule has 6 heteroatoms. The molecule has 0 amide bonds. The van der Waals surface area contributed by atoms with E-state index in [1.54, 1.807) is 0 Å². The van der Waals surface area contributed by atoms with E-state index in [1.807, 2.05) is 32.9 Å². The highest BCUT2D eigenvalue weighted by atomic mass is 32.2. The van der Waals surface area contributed by atoms with Crippen molar-refractivity contribution in [2.45, 2.75) is 50.5 Å². The number of hydrogen-bond acceptors (Lipinski definition) is 6. The van der Waals surface area contributed by atoms with Crippen LogP contribution in [0.1, 0.15) is 44.7 Å². The predicted octanol–water partition coefficient (Wildman–Crippen LogP) is 4.33. The molecule has 0 N–H and O–H groups in total. The molecule has 0 aliphatic rings. The van der Waals surface area contributed by atoms with E-state index < -0.39 is 0 Å². The molecule has 0 spiro atoms. The molecule has 1 aromatic carbocycles. The first kappa shape index (κ1) is 16.8. The summed E-state index contributed by atoms with van der Waals surface area (Å²) in [6, 6.07) is 7.51. The van der Waals surface area contributed by atoms with E-state index in [2.05, 4.69) is 23.2 Å². The lowest BCUT2D eigenvalue weighted by molar-refractivity contribution is 0.347. The fourth-order valence-electron chi connectivity index (χ4n) is 2.32. The van der Waals surface area contributed by atoms with Crippen LogP contribution >= 0.6 is 11.8 Å². The van der Waals surface area contributed by atoms with Crippen molar-refractivity contribution < 1.29 is 8.83 Å². The quantitative estimate of drug-likeness (QED) is 0.518. The van der Waals surface area contributed by atoms with Gasteiger partial charge in [0.25, 0.3) is 5.22 Å². The standard InChI is InChI=1S/C18H20N2O3S/c1-5-11-6-7-13-12(9-15(21)22-14(13)8-11)10-24-17-20-19-16(23-17)18(2,3)4/h6-9H,5,10H2,1-4H3. The molecular weight excluding hydrogens is 324 g/mol. The molecule has 126 valence electrons. The summed E-state index contributed by atoms with van der Waals surface area (Å²) in [7, 11) is 0. The number of rotatable bonds is 4. The van der Waals surface area contributed by atoms with Crippen LogP contribution in [0.15, 0.2) is 43.1 Å². The zero-order chi connectivity index (χ0) is 17.3. The third kappa shape index (κ3) is 3.53. The largest absolute Gasteiger partial charge is 0.423 e. The molecule has 3 rings (SSSR count). The van der Waals surface area contributed by atoms with Crippen LogP contribution in [0.4, 0.5) is 0 Å². The fraction of sp³-hybridized carbons (Fsp3) is 0.389. The van der Waals surface area contributed by atoms with Crippen molar-refractivity contribution >= 4 is 22.7 Å². The van der Waals surface area contributed by atoms with E-state index in [0.717, 1.165) is 22.9 Å². The molecule has 2 aromatic heterocycles. The first-order chi connectivity index (χ1) is 11.4. The molecule has 3 aromatic rings. The molecule has 24 heavy (non-hydrogen) atoms. The summed E-state index contributed by atoms with van der Waals surface area (Å²) in [5.74, 6) is 1.18. The Kier molecular flexibility index (Phi) is 4.49. The number of aromatic nitrogens is 2. The lowest BCUT2D eigenvalue weighted by Crippen LogP contribution is -2.11. The van der Waals surface area contributed by atoms with Crippen molar-refractivity contribution in [1.29, 1.82) is 0 Å². The van der Waals surface area contributed by atoms with Crippen LogP contribution in [0.3, 0.4) is 0 Å². The summed E-state index contributed by atoms with van der Waals surface area (Å²) in [4.78, 5) is 11.8. The summed E-state index contributed by atoms with van der Waals surface area (Å²) in [6.07, 6.45) is 0.899. The van der Waals surface area contributed by atoms with E-state index in [-0.39, 0.29) is 11.0 Å². The van der Waals surface area contributed by atoms with Crippen molar-refractivity contribution in [3.8, 4) is 0 Å². The second-order valence-electron chi connectivity index (χ2n) is 6.69. The van der Waals surface area contributed by atoms with E-state index in [4.69, 9.17) is 8.83 Å². The van der Waals surface area contributed by atoms with Crippen molar-refractivity contribution in [2.24, 2.45) is 0 Å². The van der Waals surface area contributed by atoms with Crippen LogP contribution < -0.4 is 5.63 Å². The molecule has 0 aliphatic carbocycles. The lowest BCUT2D eigenvalue weighted by Gasteiger charge is -2.10. The Morgan fingerprint density at radius 1 is 1.12 bits per heavy atom. The van der Waals surface area contributed by atoms with Gasteiger partial charge in [-0.25, -0.2) is 4.79 Å². The fourth-order valence-corrected chi connectivity index (χ4v) is 3.08. The summed E-state index contributed by atoms with van der Waals surface area (Å²) in [5.41, 5.74) is 2.15. The average Bonchev–Trinajstić information content (AvgIpc) is 3.01. The van der Waals surface area contributed by atoms with Gasteiger partial charge in [-0.1, -0.05) is 51.6 Å². The summed E-state index contributed by atoms with van der Waals surface area (Å²) in [6.45, 7) is 8.14. The smallest absolute Gasteiger partial charge is 0.336 e. The Morgan fingerprint density at radius 3 is 2.58 bits per heavy atom. The maximum atomic E-state index is 11.8. The number of hydrogen-bond donors (Lipinski definition) is 0.